The summed E-state index contributed by atoms with van der Waals surface area (Å²) in [7, 11) is 1.94. The minimum Gasteiger partial charge on any atom is -0.378 e. The predicted octanol–water partition coefficient (Wildman–Crippen LogP) is 2.32. The summed E-state index contributed by atoms with van der Waals surface area (Å²) in [5, 5.41) is 12.0. The van der Waals surface area contributed by atoms with Crippen molar-refractivity contribution in [3.63, 3.8) is 0 Å². The number of nitrogens with zero attached hydrogens (tertiary/aromatic N) is 4. The summed E-state index contributed by atoms with van der Waals surface area (Å²) in [5.74, 6) is 0.0129. The monoisotopic (exact) mass is 375 g/mol. The Morgan fingerprint density at radius 3 is 2.70 bits per heavy atom. The Morgan fingerprint density at radius 2 is 2.04 bits per heavy atom. The summed E-state index contributed by atoms with van der Waals surface area (Å²) in [6.45, 7) is 6.79. The lowest BCUT2D eigenvalue weighted by molar-refractivity contribution is -0.152. The van der Waals surface area contributed by atoms with Crippen LogP contribution in [0.2, 0.25) is 0 Å². The van der Waals surface area contributed by atoms with Gasteiger partial charge in [-0.25, -0.2) is 4.68 Å². The molecule has 2 saturated carbocycles. The summed E-state index contributed by atoms with van der Waals surface area (Å²) in [5.41, 5.74) is 1.57. The summed E-state index contributed by atoms with van der Waals surface area (Å²) in [6.07, 6.45) is 8.14. The first-order chi connectivity index (χ1) is 13.1. The molecule has 1 spiro atoms. The van der Waals surface area contributed by atoms with Crippen LogP contribution in [0.25, 0.3) is 0 Å². The zero-order chi connectivity index (χ0) is 19.0. The van der Waals surface area contributed by atoms with E-state index in [2.05, 4.69) is 22.6 Å². The van der Waals surface area contributed by atoms with E-state index in [1.54, 1.807) is 0 Å². The maximum atomic E-state index is 13.3. The van der Waals surface area contributed by atoms with Gasteiger partial charge in [-0.2, -0.15) is 0 Å². The fraction of sp³-hybridized carbons (Fsp3) is 0.850. The van der Waals surface area contributed by atoms with Gasteiger partial charge in [0.15, 0.2) is 5.69 Å². The van der Waals surface area contributed by atoms with Crippen LogP contribution in [0, 0.1) is 12.3 Å². The number of ether oxygens (including phenoxy) is 1. The maximum Gasteiger partial charge on any atom is 0.276 e. The van der Waals surface area contributed by atoms with Crippen molar-refractivity contribution in [2.75, 3.05) is 26.7 Å². The van der Waals surface area contributed by atoms with Crippen LogP contribution in [0.1, 0.15) is 74.1 Å². The number of rotatable bonds is 5. The number of hydrogen-bond acceptors (Lipinski definition) is 5. The van der Waals surface area contributed by atoms with E-state index in [0.717, 1.165) is 44.7 Å². The lowest BCUT2D eigenvalue weighted by Crippen LogP contribution is -2.64. The summed E-state index contributed by atoms with van der Waals surface area (Å²) in [6, 6.07) is 0.602. The second-order valence-corrected chi connectivity index (χ2v) is 8.50. The van der Waals surface area contributed by atoms with Crippen LogP contribution in [-0.2, 0) is 4.74 Å². The molecule has 0 bridgehead atoms. The van der Waals surface area contributed by atoms with Crippen molar-refractivity contribution in [1.82, 2.24) is 25.2 Å². The average molecular weight is 376 g/mol. The second kappa shape index (κ2) is 7.51. The van der Waals surface area contributed by atoms with Gasteiger partial charge in [-0.05, 0) is 59.0 Å². The van der Waals surface area contributed by atoms with E-state index < -0.39 is 0 Å². The molecule has 0 radical (unpaired) electrons. The Balaban J connectivity index is 1.50. The number of hydrogen-bond donors (Lipinski definition) is 1. The predicted molar refractivity (Wildman–Crippen MR) is 103 cm³/mol. The van der Waals surface area contributed by atoms with Crippen molar-refractivity contribution < 1.29 is 9.53 Å². The van der Waals surface area contributed by atoms with Crippen LogP contribution in [-0.4, -0.2) is 64.7 Å². The van der Waals surface area contributed by atoms with Gasteiger partial charge >= 0.3 is 0 Å². The van der Waals surface area contributed by atoms with E-state index in [4.69, 9.17) is 4.74 Å². The van der Waals surface area contributed by atoms with Crippen LogP contribution in [0.3, 0.4) is 0 Å². The minimum atomic E-state index is 0.0129. The third kappa shape index (κ3) is 3.09. The Morgan fingerprint density at radius 1 is 1.33 bits per heavy atom. The molecule has 7 nitrogen and oxygen atoms in total. The van der Waals surface area contributed by atoms with E-state index in [1.165, 1.54) is 25.7 Å². The molecule has 2 heterocycles. The molecule has 7 heteroatoms. The highest BCUT2D eigenvalue weighted by molar-refractivity contribution is 5.93. The van der Waals surface area contributed by atoms with Gasteiger partial charge in [-0.1, -0.05) is 18.1 Å². The van der Waals surface area contributed by atoms with E-state index in [0.29, 0.717) is 17.8 Å². The van der Waals surface area contributed by atoms with E-state index in [1.807, 2.05) is 23.6 Å². The number of amides is 1. The smallest absolute Gasteiger partial charge is 0.276 e. The molecule has 150 valence electrons. The largest absolute Gasteiger partial charge is 0.378 e. The van der Waals surface area contributed by atoms with Gasteiger partial charge in [0.25, 0.3) is 5.91 Å². The highest BCUT2D eigenvalue weighted by Crippen LogP contribution is 2.56. The molecule has 1 saturated heterocycles. The molecule has 2 atom stereocenters. The number of carbonyl (C=O) groups is 1. The zero-order valence-corrected chi connectivity index (χ0v) is 16.9. The molecule has 1 amide bonds. The van der Waals surface area contributed by atoms with Gasteiger partial charge in [0.2, 0.25) is 0 Å². The van der Waals surface area contributed by atoms with Crippen LogP contribution in [0.4, 0.5) is 0 Å². The topological polar surface area (TPSA) is 72.3 Å². The molecular formula is C20H33N5O2. The van der Waals surface area contributed by atoms with Crippen LogP contribution >= 0.6 is 0 Å². The molecule has 3 aliphatic rings. The van der Waals surface area contributed by atoms with Gasteiger partial charge in [0.05, 0.1) is 17.8 Å². The van der Waals surface area contributed by atoms with Crippen molar-refractivity contribution in [2.45, 2.75) is 77.0 Å². The Hall–Kier alpha value is -1.47. The molecule has 2 unspecified atom stereocenters. The SMILES string of the molecule is CCOC1CC(N(C)C(=O)c2nnn(C3CCNCC3)c2C)C12CCCC2. The van der Waals surface area contributed by atoms with Gasteiger partial charge in [-0.3, -0.25) is 4.79 Å². The maximum absolute atomic E-state index is 13.3. The fourth-order valence-electron chi connectivity index (χ4n) is 5.64. The number of nitrogens with one attached hydrogen (secondary N) is 1. The molecule has 1 aliphatic heterocycles. The third-order valence-corrected chi connectivity index (χ3v) is 7.22. The highest BCUT2D eigenvalue weighted by Gasteiger charge is 2.59. The normalized spacial score (nSPS) is 27.7. The summed E-state index contributed by atoms with van der Waals surface area (Å²) < 4.78 is 7.98. The van der Waals surface area contributed by atoms with Crippen molar-refractivity contribution in [1.29, 1.82) is 0 Å². The van der Waals surface area contributed by atoms with Crippen LogP contribution in [0.5, 0.6) is 0 Å². The number of carbonyl (C=O) groups excluding carboxylic acids is 1. The number of piperidine rings is 1. The lowest BCUT2D eigenvalue weighted by Gasteiger charge is -2.56. The second-order valence-electron chi connectivity index (χ2n) is 8.50. The molecule has 0 aromatic carbocycles. The van der Waals surface area contributed by atoms with Crippen molar-refractivity contribution in [2.24, 2.45) is 5.41 Å². The highest BCUT2D eigenvalue weighted by atomic mass is 16.5. The first-order valence-electron chi connectivity index (χ1n) is 10.6. The molecule has 1 aromatic rings. The molecule has 3 fully saturated rings. The van der Waals surface area contributed by atoms with Crippen molar-refractivity contribution in [3.8, 4) is 0 Å². The van der Waals surface area contributed by atoms with Gasteiger partial charge in [0.1, 0.15) is 0 Å². The first kappa shape index (κ1) is 18.9. The number of aromatic nitrogens is 3. The van der Waals surface area contributed by atoms with E-state index >= 15 is 0 Å². The Labute approximate surface area is 161 Å². The minimum absolute atomic E-state index is 0.0129. The molecule has 27 heavy (non-hydrogen) atoms. The third-order valence-electron chi connectivity index (χ3n) is 7.22. The lowest BCUT2D eigenvalue weighted by atomic mass is 9.60. The van der Waals surface area contributed by atoms with E-state index in [9.17, 15) is 4.79 Å². The summed E-state index contributed by atoms with van der Waals surface area (Å²) >= 11 is 0. The molecule has 4 rings (SSSR count). The Kier molecular flexibility index (Phi) is 5.25. The van der Waals surface area contributed by atoms with Gasteiger partial charge in [-0.15, -0.1) is 5.10 Å². The van der Waals surface area contributed by atoms with E-state index in [-0.39, 0.29) is 17.4 Å². The first-order valence-corrected chi connectivity index (χ1v) is 10.6. The summed E-state index contributed by atoms with van der Waals surface area (Å²) in [4.78, 5) is 15.2. The molecule has 2 aliphatic carbocycles. The standard InChI is InChI=1S/C20H33N5O2/c1-4-27-17-13-16(20(17)9-5-6-10-20)24(3)19(26)18-14(2)25(23-22-18)15-7-11-21-12-8-15/h15-17,21H,4-13H2,1-3H3. The van der Waals surface area contributed by atoms with Crippen LogP contribution < -0.4 is 5.32 Å². The van der Waals surface area contributed by atoms with Crippen LogP contribution in [0.15, 0.2) is 0 Å². The van der Waals surface area contributed by atoms with Crippen molar-refractivity contribution >= 4 is 5.91 Å². The molecule has 1 N–H and O–H groups in total. The fourth-order valence-corrected chi connectivity index (χ4v) is 5.64. The van der Waals surface area contributed by atoms with Gasteiger partial charge in [0, 0.05) is 25.1 Å². The Bertz CT molecular complexity index is 676. The molecule has 1 aromatic heterocycles. The quantitative estimate of drug-likeness (QED) is 0.855. The average Bonchev–Trinajstić information content (AvgIpc) is 3.33. The van der Waals surface area contributed by atoms with Crippen molar-refractivity contribution in [3.05, 3.63) is 11.4 Å². The van der Waals surface area contributed by atoms with Gasteiger partial charge < -0.3 is 15.0 Å². The zero-order valence-electron chi connectivity index (χ0n) is 16.9. The molecular weight excluding hydrogens is 342 g/mol.